The van der Waals surface area contributed by atoms with Gasteiger partial charge in [0.25, 0.3) is 5.69 Å². The number of halogens is 2. The van der Waals surface area contributed by atoms with E-state index in [0.717, 1.165) is 25.0 Å². The molecule has 2 rings (SSSR count). The molecule has 0 amide bonds. The van der Waals surface area contributed by atoms with Crippen molar-refractivity contribution in [2.75, 3.05) is 18.5 Å². The molecule has 1 aliphatic rings. The molecule has 0 saturated carbocycles. The third-order valence-corrected chi connectivity index (χ3v) is 2.80. The molecule has 1 unspecified atom stereocenters. The van der Waals surface area contributed by atoms with Crippen molar-refractivity contribution >= 4 is 11.4 Å². The predicted octanol–water partition coefficient (Wildman–Crippen LogP) is 2.46. The number of nitrogens with one attached hydrogen (secondary N) is 1. The third-order valence-electron chi connectivity index (χ3n) is 2.80. The second-order valence-electron chi connectivity index (χ2n) is 4.03. The molecule has 7 heteroatoms. The molecule has 0 aromatic heterocycles. The van der Waals surface area contributed by atoms with Gasteiger partial charge in [-0.25, -0.2) is 8.78 Å². The van der Waals surface area contributed by atoms with Crippen LogP contribution < -0.4 is 5.32 Å². The van der Waals surface area contributed by atoms with Gasteiger partial charge in [-0.05, 0) is 18.9 Å². The maximum absolute atomic E-state index is 13.5. The molecule has 1 atom stereocenters. The molecule has 1 saturated heterocycles. The van der Waals surface area contributed by atoms with E-state index in [1.165, 1.54) is 0 Å². The Morgan fingerprint density at radius 2 is 2.28 bits per heavy atom. The smallest absolute Gasteiger partial charge is 0.295 e. The monoisotopic (exact) mass is 258 g/mol. The number of benzene rings is 1. The van der Waals surface area contributed by atoms with E-state index >= 15 is 0 Å². The van der Waals surface area contributed by atoms with E-state index in [1.54, 1.807) is 0 Å². The van der Waals surface area contributed by atoms with Crippen LogP contribution in [0.3, 0.4) is 0 Å². The normalized spacial score (nSPS) is 18.9. The van der Waals surface area contributed by atoms with Gasteiger partial charge in [-0.3, -0.25) is 10.1 Å². The molecule has 1 aliphatic heterocycles. The third kappa shape index (κ3) is 2.56. The lowest BCUT2D eigenvalue weighted by Crippen LogP contribution is -2.19. The molecule has 0 aliphatic carbocycles. The van der Waals surface area contributed by atoms with Crippen LogP contribution in [0.25, 0.3) is 0 Å². The van der Waals surface area contributed by atoms with Gasteiger partial charge in [-0.2, -0.15) is 0 Å². The Morgan fingerprint density at radius 1 is 1.50 bits per heavy atom. The summed E-state index contributed by atoms with van der Waals surface area (Å²) < 4.78 is 31.9. The lowest BCUT2D eigenvalue weighted by atomic mass is 10.2. The minimum atomic E-state index is -1.23. The highest BCUT2D eigenvalue weighted by Gasteiger charge is 2.23. The summed E-state index contributed by atoms with van der Waals surface area (Å²) in [6.07, 6.45) is 1.59. The van der Waals surface area contributed by atoms with Crippen LogP contribution >= 0.6 is 0 Å². The molecule has 5 nitrogen and oxygen atoms in total. The summed E-state index contributed by atoms with van der Waals surface area (Å²) in [5.74, 6) is -2.35. The lowest BCUT2D eigenvalue weighted by Gasteiger charge is -2.12. The van der Waals surface area contributed by atoms with E-state index in [-0.39, 0.29) is 12.6 Å². The Bertz CT molecular complexity index is 462. The summed E-state index contributed by atoms with van der Waals surface area (Å²) >= 11 is 0. The largest absolute Gasteiger partial charge is 0.376 e. The molecule has 1 aromatic rings. The zero-order chi connectivity index (χ0) is 13.1. The zero-order valence-electron chi connectivity index (χ0n) is 9.49. The quantitative estimate of drug-likeness (QED) is 0.665. The summed E-state index contributed by atoms with van der Waals surface area (Å²) in [5, 5.41) is 13.3. The van der Waals surface area contributed by atoms with Crippen LogP contribution in [0.4, 0.5) is 20.2 Å². The first-order valence-corrected chi connectivity index (χ1v) is 5.57. The van der Waals surface area contributed by atoms with Gasteiger partial charge in [0.2, 0.25) is 0 Å². The van der Waals surface area contributed by atoms with Gasteiger partial charge in [0.15, 0.2) is 17.3 Å². The fourth-order valence-electron chi connectivity index (χ4n) is 1.88. The van der Waals surface area contributed by atoms with Gasteiger partial charge in [0.05, 0.1) is 11.0 Å². The number of ether oxygens (including phenoxy) is 1. The van der Waals surface area contributed by atoms with E-state index in [1.807, 2.05) is 0 Å². The summed E-state index contributed by atoms with van der Waals surface area (Å²) in [4.78, 5) is 9.98. The highest BCUT2D eigenvalue weighted by Crippen LogP contribution is 2.29. The van der Waals surface area contributed by atoms with Crippen molar-refractivity contribution in [2.45, 2.75) is 18.9 Å². The maximum Gasteiger partial charge on any atom is 0.295 e. The Morgan fingerprint density at radius 3 is 2.89 bits per heavy atom. The highest BCUT2D eigenvalue weighted by atomic mass is 19.2. The number of anilines is 1. The summed E-state index contributed by atoms with van der Waals surface area (Å²) in [5.41, 5.74) is -0.901. The number of nitro benzene ring substituents is 1. The molecule has 0 spiro atoms. The fourth-order valence-corrected chi connectivity index (χ4v) is 1.88. The van der Waals surface area contributed by atoms with E-state index in [4.69, 9.17) is 4.74 Å². The van der Waals surface area contributed by atoms with Gasteiger partial charge in [-0.1, -0.05) is 0 Å². The summed E-state index contributed by atoms with van der Waals surface area (Å²) in [6, 6.07) is 1.68. The molecule has 98 valence electrons. The molecule has 1 N–H and O–H groups in total. The number of nitrogens with zero attached hydrogens (tertiary/aromatic N) is 1. The average molecular weight is 258 g/mol. The molecule has 1 fully saturated rings. The first-order valence-electron chi connectivity index (χ1n) is 5.57. The molecular weight excluding hydrogens is 246 g/mol. The Kier molecular flexibility index (Phi) is 3.71. The molecule has 18 heavy (non-hydrogen) atoms. The number of hydrogen-bond acceptors (Lipinski definition) is 4. The van der Waals surface area contributed by atoms with E-state index in [9.17, 15) is 18.9 Å². The van der Waals surface area contributed by atoms with Crippen LogP contribution in [0, 0.1) is 21.7 Å². The van der Waals surface area contributed by atoms with Crippen LogP contribution in [0.15, 0.2) is 12.1 Å². The second kappa shape index (κ2) is 5.26. The van der Waals surface area contributed by atoms with Gasteiger partial charge >= 0.3 is 0 Å². The van der Waals surface area contributed by atoms with Crippen molar-refractivity contribution in [1.29, 1.82) is 0 Å². The SMILES string of the molecule is O=[N+]([O-])c1ccc(F)c(F)c1NCC1CCCO1. The van der Waals surface area contributed by atoms with Crippen LogP contribution in [0.1, 0.15) is 12.8 Å². The van der Waals surface area contributed by atoms with Crippen molar-refractivity contribution in [3.63, 3.8) is 0 Å². The summed E-state index contributed by atoms with van der Waals surface area (Å²) in [6.45, 7) is 0.848. The molecular formula is C11H12F2N2O3. The molecule has 0 radical (unpaired) electrons. The minimum absolute atomic E-state index is 0.118. The first-order chi connectivity index (χ1) is 8.59. The first kappa shape index (κ1) is 12.7. The topological polar surface area (TPSA) is 64.4 Å². The fraction of sp³-hybridized carbons (Fsp3) is 0.455. The Hall–Kier alpha value is -1.76. The van der Waals surface area contributed by atoms with Crippen LogP contribution in [-0.2, 0) is 4.74 Å². The standard InChI is InChI=1S/C11H12F2N2O3/c12-8-3-4-9(15(16)17)11(10(8)13)14-6-7-2-1-5-18-7/h3-4,7,14H,1-2,5-6H2. The van der Waals surface area contributed by atoms with Gasteiger partial charge in [0.1, 0.15) is 0 Å². The zero-order valence-corrected chi connectivity index (χ0v) is 9.49. The van der Waals surface area contributed by atoms with Crippen LogP contribution in [-0.4, -0.2) is 24.2 Å². The highest BCUT2D eigenvalue weighted by molar-refractivity contribution is 5.62. The number of nitro groups is 1. The van der Waals surface area contributed by atoms with E-state index in [2.05, 4.69) is 5.32 Å². The maximum atomic E-state index is 13.5. The number of rotatable bonds is 4. The molecule has 1 heterocycles. The Labute approximate surface area is 102 Å². The van der Waals surface area contributed by atoms with E-state index in [0.29, 0.717) is 6.61 Å². The van der Waals surface area contributed by atoms with Crippen molar-refractivity contribution in [1.82, 2.24) is 0 Å². The second-order valence-corrected chi connectivity index (χ2v) is 4.03. The van der Waals surface area contributed by atoms with Gasteiger partial charge in [0, 0.05) is 19.2 Å². The molecule has 1 aromatic carbocycles. The molecule has 0 bridgehead atoms. The lowest BCUT2D eigenvalue weighted by molar-refractivity contribution is -0.384. The van der Waals surface area contributed by atoms with Gasteiger partial charge < -0.3 is 10.1 Å². The van der Waals surface area contributed by atoms with E-state index < -0.39 is 27.9 Å². The van der Waals surface area contributed by atoms with Crippen molar-refractivity contribution in [3.05, 3.63) is 33.9 Å². The average Bonchev–Trinajstić information content (AvgIpc) is 2.83. The Balaban J connectivity index is 2.18. The van der Waals surface area contributed by atoms with Crippen molar-refractivity contribution in [2.24, 2.45) is 0 Å². The van der Waals surface area contributed by atoms with Gasteiger partial charge in [-0.15, -0.1) is 0 Å². The minimum Gasteiger partial charge on any atom is -0.376 e. The van der Waals surface area contributed by atoms with Crippen LogP contribution in [0.5, 0.6) is 0 Å². The van der Waals surface area contributed by atoms with Crippen molar-refractivity contribution < 1.29 is 18.4 Å². The predicted molar refractivity (Wildman–Crippen MR) is 60.5 cm³/mol. The number of hydrogen-bond donors (Lipinski definition) is 1. The van der Waals surface area contributed by atoms with Crippen molar-refractivity contribution in [3.8, 4) is 0 Å². The summed E-state index contributed by atoms with van der Waals surface area (Å²) in [7, 11) is 0. The van der Waals surface area contributed by atoms with Crippen LogP contribution in [0.2, 0.25) is 0 Å².